The molecule has 0 aliphatic rings. The number of hydrogen-bond acceptors (Lipinski definition) is 8. The summed E-state index contributed by atoms with van der Waals surface area (Å²) in [6.07, 6.45) is 1.26. The molecule has 1 aromatic heterocycles. The molecule has 0 fully saturated rings. The zero-order chi connectivity index (χ0) is 27.5. The molecule has 10 heteroatoms. The number of aromatic nitrogens is 1. The summed E-state index contributed by atoms with van der Waals surface area (Å²) in [5.41, 5.74) is 4.84. The topological polar surface area (TPSA) is 130 Å². The second kappa shape index (κ2) is 14.6. The second-order valence-corrected chi connectivity index (χ2v) is 10.2. The molecule has 9 nitrogen and oxygen atoms in total. The fraction of sp³-hybridized carbons (Fsp3) is 0.393. The Labute approximate surface area is 228 Å². The molecular formula is C28H37N5O4S. The van der Waals surface area contributed by atoms with Crippen molar-refractivity contribution in [3.05, 3.63) is 77.4 Å². The first kappa shape index (κ1) is 29.2. The molecule has 0 radical (unpaired) electrons. The summed E-state index contributed by atoms with van der Waals surface area (Å²) in [5.74, 6) is 5.77. The summed E-state index contributed by atoms with van der Waals surface area (Å²) in [7, 11) is 1.26. The number of nitrogens with two attached hydrogens (primary N) is 1. The van der Waals surface area contributed by atoms with Crippen LogP contribution in [0.15, 0.2) is 66.3 Å². The van der Waals surface area contributed by atoms with Crippen LogP contribution in [0, 0.1) is 5.92 Å². The van der Waals surface area contributed by atoms with Crippen molar-refractivity contribution in [1.29, 1.82) is 0 Å². The molecule has 5 N–H and O–H groups in total. The molecule has 0 aliphatic heterocycles. The Hall–Kier alpha value is -3.31. The van der Waals surface area contributed by atoms with Crippen molar-refractivity contribution in [1.82, 2.24) is 20.6 Å². The van der Waals surface area contributed by atoms with E-state index in [0.717, 1.165) is 21.6 Å². The monoisotopic (exact) mass is 539 g/mol. The summed E-state index contributed by atoms with van der Waals surface area (Å²) in [5, 5.41) is 18.3. The average molecular weight is 540 g/mol. The van der Waals surface area contributed by atoms with Gasteiger partial charge in [-0.15, -0.1) is 11.3 Å². The zero-order valence-electron chi connectivity index (χ0n) is 22.0. The number of hydrogen-bond donors (Lipinski definition) is 4. The maximum Gasteiger partial charge on any atom is 0.407 e. The molecule has 0 saturated heterocycles. The minimum absolute atomic E-state index is 0.132. The highest BCUT2D eigenvalue weighted by Gasteiger charge is 2.30. The highest BCUT2D eigenvalue weighted by molar-refractivity contribution is 7.13. The Bertz CT molecular complexity index is 1130. The number of carbonyl (C=O) groups excluding carboxylic acids is 2. The second-order valence-electron chi connectivity index (χ2n) is 9.36. The van der Waals surface area contributed by atoms with E-state index in [1.165, 1.54) is 12.1 Å². The summed E-state index contributed by atoms with van der Waals surface area (Å²) < 4.78 is 4.71. The van der Waals surface area contributed by atoms with Crippen LogP contribution in [0.5, 0.6) is 0 Å². The van der Waals surface area contributed by atoms with Crippen molar-refractivity contribution in [2.45, 2.75) is 51.4 Å². The summed E-state index contributed by atoms with van der Waals surface area (Å²) in [6.45, 7) is 4.37. The van der Waals surface area contributed by atoms with Crippen LogP contribution in [-0.2, 0) is 22.5 Å². The molecule has 38 heavy (non-hydrogen) atoms. The van der Waals surface area contributed by atoms with Gasteiger partial charge in [-0.3, -0.25) is 15.6 Å². The van der Waals surface area contributed by atoms with E-state index in [0.29, 0.717) is 19.4 Å². The van der Waals surface area contributed by atoms with Gasteiger partial charge in [-0.1, -0.05) is 74.9 Å². The van der Waals surface area contributed by atoms with Gasteiger partial charge in [-0.05, 0) is 29.0 Å². The Balaban J connectivity index is 1.69. The van der Waals surface area contributed by atoms with Crippen molar-refractivity contribution in [2.24, 2.45) is 11.8 Å². The zero-order valence-corrected chi connectivity index (χ0v) is 22.9. The normalized spacial score (nSPS) is 14.4. The maximum absolute atomic E-state index is 13.3. The number of rotatable bonds is 13. The van der Waals surface area contributed by atoms with Gasteiger partial charge < -0.3 is 20.5 Å². The quantitative estimate of drug-likeness (QED) is 0.194. The molecular weight excluding hydrogens is 502 g/mol. The average Bonchev–Trinajstić information content (AvgIpc) is 3.46. The highest BCUT2D eigenvalue weighted by atomic mass is 32.1. The van der Waals surface area contributed by atoms with Gasteiger partial charge in [-0.2, -0.15) is 0 Å². The first-order valence-corrected chi connectivity index (χ1v) is 13.5. The number of ether oxygens (including phenoxy) is 1. The lowest BCUT2D eigenvalue weighted by Crippen LogP contribution is -2.57. The molecule has 2 amide bonds. The van der Waals surface area contributed by atoms with Gasteiger partial charge in [0.2, 0.25) is 5.91 Å². The van der Waals surface area contributed by atoms with Gasteiger partial charge in [0, 0.05) is 19.3 Å². The number of alkyl carbamates (subject to hydrolysis) is 1. The van der Waals surface area contributed by atoms with Gasteiger partial charge in [0.25, 0.3) is 0 Å². The number of benzene rings is 2. The predicted molar refractivity (Wildman–Crippen MR) is 149 cm³/mol. The van der Waals surface area contributed by atoms with E-state index in [4.69, 9.17) is 10.6 Å². The number of nitrogens with one attached hydrogen (secondary N) is 2. The lowest BCUT2D eigenvalue weighted by atomic mass is 9.96. The van der Waals surface area contributed by atoms with Crippen molar-refractivity contribution in [3.8, 4) is 10.4 Å². The lowest BCUT2D eigenvalue weighted by molar-refractivity contribution is -0.126. The fourth-order valence-electron chi connectivity index (χ4n) is 4.11. The fourth-order valence-corrected chi connectivity index (χ4v) is 4.74. The van der Waals surface area contributed by atoms with E-state index in [9.17, 15) is 14.7 Å². The minimum Gasteiger partial charge on any atom is -0.453 e. The van der Waals surface area contributed by atoms with Gasteiger partial charge in [0.05, 0.1) is 29.6 Å². The van der Waals surface area contributed by atoms with Gasteiger partial charge in [0.15, 0.2) is 0 Å². The molecule has 0 bridgehead atoms. The maximum atomic E-state index is 13.3. The van der Waals surface area contributed by atoms with Crippen LogP contribution in [0.3, 0.4) is 0 Å². The molecule has 3 aromatic rings. The van der Waals surface area contributed by atoms with Crippen molar-refractivity contribution in [2.75, 3.05) is 13.7 Å². The number of aliphatic hydroxyl groups excluding tert-OH is 1. The molecule has 0 spiro atoms. The highest BCUT2D eigenvalue weighted by Crippen LogP contribution is 2.23. The molecule has 0 saturated carbocycles. The number of aliphatic hydroxyl groups is 1. The van der Waals surface area contributed by atoms with E-state index < -0.39 is 24.3 Å². The van der Waals surface area contributed by atoms with Gasteiger partial charge in [-0.25, -0.2) is 9.80 Å². The SMILES string of the molecule is CC[C@H](C)[C@H](NC(=O)OC)C(=O)N[C@@H](Cc1ccccc1)[C@@H](O)CN(N)Cc1ccc(-c2cncs2)cc1. The molecule has 3 rings (SSSR count). The number of thiazole rings is 1. The third-order valence-electron chi connectivity index (χ3n) is 6.52. The summed E-state index contributed by atoms with van der Waals surface area (Å²) in [4.78, 5) is 30.4. The molecule has 1 heterocycles. The predicted octanol–water partition coefficient (Wildman–Crippen LogP) is 3.34. The third kappa shape index (κ3) is 8.63. The van der Waals surface area contributed by atoms with Crippen LogP contribution in [0.25, 0.3) is 10.4 Å². The van der Waals surface area contributed by atoms with E-state index in [2.05, 4.69) is 15.6 Å². The minimum atomic E-state index is -0.962. The Kier molecular flexibility index (Phi) is 11.2. The van der Waals surface area contributed by atoms with Crippen molar-refractivity contribution in [3.63, 3.8) is 0 Å². The van der Waals surface area contributed by atoms with Crippen LogP contribution in [0.4, 0.5) is 4.79 Å². The van der Waals surface area contributed by atoms with Gasteiger partial charge >= 0.3 is 6.09 Å². The first-order valence-electron chi connectivity index (χ1n) is 12.6. The van der Waals surface area contributed by atoms with Crippen molar-refractivity contribution < 1.29 is 19.4 Å². The Morgan fingerprint density at radius 2 is 1.82 bits per heavy atom. The van der Waals surface area contributed by atoms with Crippen LogP contribution in [0.2, 0.25) is 0 Å². The molecule has 0 aliphatic carbocycles. The van der Waals surface area contributed by atoms with E-state index in [1.807, 2.05) is 74.6 Å². The Morgan fingerprint density at radius 3 is 2.42 bits per heavy atom. The lowest BCUT2D eigenvalue weighted by Gasteiger charge is -2.30. The van der Waals surface area contributed by atoms with E-state index >= 15 is 0 Å². The number of carbonyl (C=O) groups is 2. The number of nitrogens with zero attached hydrogens (tertiary/aromatic N) is 2. The summed E-state index contributed by atoms with van der Waals surface area (Å²) >= 11 is 1.58. The van der Waals surface area contributed by atoms with E-state index in [-0.39, 0.29) is 18.4 Å². The molecule has 204 valence electrons. The van der Waals surface area contributed by atoms with Crippen LogP contribution in [0.1, 0.15) is 31.4 Å². The molecule has 2 aromatic carbocycles. The standard InChI is InChI=1S/C28H37N5O4S/c1-4-19(2)26(32-28(36)37-3)27(35)31-23(14-20-8-6-5-7-9-20)24(34)17-33(29)16-21-10-12-22(13-11-21)25-15-30-18-38-25/h5-13,15,18-19,23-24,26,34H,4,14,16-17,29H2,1-3H3,(H,31,35)(H,32,36)/t19-,23-,24-,26-/m0/s1. The first-order chi connectivity index (χ1) is 18.3. The third-order valence-corrected chi connectivity index (χ3v) is 7.34. The largest absolute Gasteiger partial charge is 0.453 e. The molecule has 0 unspecified atom stereocenters. The number of amides is 2. The summed E-state index contributed by atoms with van der Waals surface area (Å²) in [6, 6.07) is 16.2. The number of hydrazine groups is 1. The Morgan fingerprint density at radius 1 is 1.11 bits per heavy atom. The van der Waals surface area contributed by atoms with Crippen LogP contribution < -0.4 is 16.5 Å². The van der Waals surface area contributed by atoms with E-state index in [1.54, 1.807) is 16.8 Å². The van der Waals surface area contributed by atoms with Crippen LogP contribution in [-0.4, -0.2) is 58.9 Å². The van der Waals surface area contributed by atoms with Crippen LogP contribution >= 0.6 is 11.3 Å². The number of methoxy groups -OCH3 is 1. The van der Waals surface area contributed by atoms with Gasteiger partial charge in [0.1, 0.15) is 6.04 Å². The molecule has 4 atom stereocenters. The smallest absolute Gasteiger partial charge is 0.407 e. The van der Waals surface area contributed by atoms with Crippen molar-refractivity contribution >= 4 is 23.3 Å².